The fourth-order valence-corrected chi connectivity index (χ4v) is 8.81. The van der Waals surface area contributed by atoms with Crippen LogP contribution < -0.4 is 0 Å². The summed E-state index contributed by atoms with van der Waals surface area (Å²) in [5.74, 6) is -0.876. The van der Waals surface area contributed by atoms with Gasteiger partial charge in [-0.25, -0.2) is 0 Å². The van der Waals surface area contributed by atoms with E-state index in [9.17, 15) is 14.4 Å². The number of esters is 3. The van der Waals surface area contributed by atoms with Gasteiger partial charge in [0.1, 0.15) is 13.2 Å². The highest BCUT2D eigenvalue weighted by molar-refractivity contribution is 5.71. The van der Waals surface area contributed by atoms with E-state index in [0.29, 0.717) is 19.3 Å². The van der Waals surface area contributed by atoms with E-state index >= 15 is 0 Å². The first kappa shape index (κ1) is 66.4. The van der Waals surface area contributed by atoms with Crippen molar-refractivity contribution in [3.8, 4) is 0 Å². The van der Waals surface area contributed by atoms with Crippen LogP contribution in [0.4, 0.5) is 0 Å². The average Bonchev–Trinajstić information content (AvgIpc) is 3.35. The maximum atomic E-state index is 12.9. The monoisotopic (exact) mass is 967 g/mol. The van der Waals surface area contributed by atoms with Crippen molar-refractivity contribution in [1.29, 1.82) is 0 Å². The van der Waals surface area contributed by atoms with Crippen LogP contribution in [0.1, 0.15) is 316 Å². The summed E-state index contributed by atoms with van der Waals surface area (Å²) < 4.78 is 16.9. The van der Waals surface area contributed by atoms with Gasteiger partial charge in [0, 0.05) is 19.3 Å². The smallest absolute Gasteiger partial charge is 0.306 e. The minimum atomic E-state index is -0.778. The Bertz CT molecular complexity index is 1200. The number of hydrogen-bond donors (Lipinski definition) is 0. The SMILES string of the molecule is CC/C=C\C/C=C\C/C=C\CCCCCCCC(=O)OC[C@H](COC(=O)CCCCCCCCCCCCCCCCC)OC(=O)CCCCCCCCCCCCC/C=C\CCCCCCCC. The highest BCUT2D eigenvalue weighted by atomic mass is 16.6. The number of allylic oxidation sites excluding steroid dienone is 8. The van der Waals surface area contributed by atoms with Crippen molar-refractivity contribution in [3.63, 3.8) is 0 Å². The second kappa shape index (κ2) is 57.9. The van der Waals surface area contributed by atoms with Crippen LogP contribution in [-0.4, -0.2) is 37.2 Å². The molecule has 402 valence electrons. The topological polar surface area (TPSA) is 78.9 Å². The molecule has 0 aromatic rings. The first-order valence-electron chi connectivity index (χ1n) is 30.1. The highest BCUT2D eigenvalue weighted by Gasteiger charge is 2.19. The molecule has 0 bridgehead atoms. The maximum Gasteiger partial charge on any atom is 0.306 e. The van der Waals surface area contributed by atoms with Gasteiger partial charge in [0.15, 0.2) is 6.10 Å². The normalized spacial score (nSPS) is 12.3. The van der Waals surface area contributed by atoms with Crippen LogP contribution >= 0.6 is 0 Å². The Hall–Kier alpha value is -2.63. The van der Waals surface area contributed by atoms with E-state index in [1.165, 1.54) is 180 Å². The number of carbonyl (C=O) groups excluding carboxylic acids is 3. The Morgan fingerprint density at radius 2 is 0.565 bits per heavy atom. The summed E-state index contributed by atoms with van der Waals surface area (Å²) in [4.78, 5) is 38.2. The molecule has 0 aliphatic carbocycles. The summed E-state index contributed by atoms with van der Waals surface area (Å²) in [5.41, 5.74) is 0. The molecule has 69 heavy (non-hydrogen) atoms. The molecule has 0 aliphatic heterocycles. The minimum absolute atomic E-state index is 0.0754. The quantitative estimate of drug-likeness (QED) is 0.0262. The Kier molecular flexibility index (Phi) is 55.7. The minimum Gasteiger partial charge on any atom is -0.462 e. The molecular weight excluding hydrogens is 853 g/mol. The molecule has 6 heteroatoms. The fourth-order valence-electron chi connectivity index (χ4n) is 8.81. The third kappa shape index (κ3) is 56.2. The molecule has 0 aromatic carbocycles. The van der Waals surface area contributed by atoms with Gasteiger partial charge >= 0.3 is 17.9 Å². The molecule has 0 saturated heterocycles. The average molecular weight is 968 g/mol. The van der Waals surface area contributed by atoms with Gasteiger partial charge in [0.2, 0.25) is 0 Å². The molecule has 0 unspecified atom stereocenters. The summed E-state index contributed by atoms with van der Waals surface area (Å²) in [6.45, 7) is 6.55. The highest BCUT2D eigenvalue weighted by Crippen LogP contribution is 2.17. The molecule has 0 N–H and O–H groups in total. The zero-order valence-electron chi connectivity index (χ0n) is 46.1. The zero-order valence-corrected chi connectivity index (χ0v) is 46.1. The van der Waals surface area contributed by atoms with Gasteiger partial charge in [0.25, 0.3) is 0 Å². The molecule has 6 nitrogen and oxygen atoms in total. The third-order valence-corrected chi connectivity index (χ3v) is 13.3. The Balaban J connectivity index is 4.34. The largest absolute Gasteiger partial charge is 0.462 e. The molecular formula is C63H114O6. The van der Waals surface area contributed by atoms with Crippen molar-refractivity contribution in [2.75, 3.05) is 13.2 Å². The summed E-state index contributed by atoms with van der Waals surface area (Å²) >= 11 is 0. The zero-order chi connectivity index (χ0) is 50.0. The number of unbranched alkanes of at least 4 members (excludes halogenated alkanes) is 36. The summed E-state index contributed by atoms with van der Waals surface area (Å²) in [7, 11) is 0. The molecule has 0 aromatic heterocycles. The van der Waals surface area contributed by atoms with Gasteiger partial charge in [-0.15, -0.1) is 0 Å². The molecule has 0 radical (unpaired) electrons. The summed E-state index contributed by atoms with van der Waals surface area (Å²) in [5, 5.41) is 0. The lowest BCUT2D eigenvalue weighted by atomic mass is 10.0. The van der Waals surface area contributed by atoms with E-state index < -0.39 is 6.10 Å². The van der Waals surface area contributed by atoms with E-state index in [2.05, 4.69) is 69.4 Å². The van der Waals surface area contributed by atoms with Crippen LogP contribution in [0, 0.1) is 0 Å². The molecule has 0 fully saturated rings. The lowest BCUT2D eigenvalue weighted by Crippen LogP contribution is -2.30. The summed E-state index contributed by atoms with van der Waals surface area (Å²) in [6.07, 6.45) is 71.1. The maximum absolute atomic E-state index is 12.9. The van der Waals surface area contributed by atoms with E-state index in [0.717, 1.165) is 96.3 Å². The Morgan fingerprint density at radius 3 is 0.899 bits per heavy atom. The number of carbonyl (C=O) groups is 3. The first-order chi connectivity index (χ1) is 34.0. The summed E-state index contributed by atoms with van der Waals surface area (Å²) in [6, 6.07) is 0. The van der Waals surface area contributed by atoms with Crippen LogP contribution in [-0.2, 0) is 28.6 Å². The lowest BCUT2D eigenvalue weighted by Gasteiger charge is -2.18. The molecule has 0 spiro atoms. The number of ether oxygens (including phenoxy) is 3. The van der Waals surface area contributed by atoms with Crippen LogP contribution in [0.5, 0.6) is 0 Å². The van der Waals surface area contributed by atoms with Crippen LogP contribution in [0.25, 0.3) is 0 Å². The van der Waals surface area contributed by atoms with Crippen molar-refractivity contribution in [1.82, 2.24) is 0 Å². The van der Waals surface area contributed by atoms with E-state index in [1.807, 2.05) is 0 Å². The van der Waals surface area contributed by atoms with E-state index in [1.54, 1.807) is 0 Å². The van der Waals surface area contributed by atoms with Crippen LogP contribution in [0.3, 0.4) is 0 Å². The van der Waals surface area contributed by atoms with Gasteiger partial charge in [-0.3, -0.25) is 14.4 Å². The van der Waals surface area contributed by atoms with Crippen molar-refractivity contribution in [3.05, 3.63) is 48.6 Å². The molecule has 0 rings (SSSR count). The molecule has 0 saturated carbocycles. The second-order valence-electron chi connectivity index (χ2n) is 20.2. The van der Waals surface area contributed by atoms with E-state index in [-0.39, 0.29) is 31.1 Å². The predicted molar refractivity (Wildman–Crippen MR) is 298 cm³/mol. The number of rotatable bonds is 55. The van der Waals surface area contributed by atoms with Gasteiger partial charge in [-0.2, -0.15) is 0 Å². The van der Waals surface area contributed by atoms with Crippen molar-refractivity contribution < 1.29 is 28.6 Å². The van der Waals surface area contributed by atoms with Gasteiger partial charge in [-0.05, 0) is 77.0 Å². The fraction of sp³-hybridized carbons (Fsp3) is 0.825. The standard InChI is InChI=1S/C63H114O6/c1-4-7-10-13-16-19-22-25-28-29-30-31-32-33-36-39-42-45-48-51-54-57-63(66)69-60(58-67-61(64)55-52-49-46-43-40-37-34-26-23-20-17-14-11-8-5-2)59-68-62(65)56-53-50-47-44-41-38-35-27-24-21-18-15-12-9-6-3/h8,11,17,20,25-26,28,34,60H,4-7,9-10,12-16,18-19,21-24,27,29-33,35-59H2,1-3H3/b11-8-,20-17-,28-25-,34-26-/t60-/m1/s1. The third-order valence-electron chi connectivity index (χ3n) is 13.3. The van der Waals surface area contributed by atoms with Crippen LogP contribution in [0.2, 0.25) is 0 Å². The van der Waals surface area contributed by atoms with Gasteiger partial charge in [0.05, 0.1) is 0 Å². The molecule has 0 amide bonds. The Morgan fingerprint density at radius 1 is 0.304 bits per heavy atom. The first-order valence-corrected chi connectivity index (χ1v) is 30.1. The van der Waals surface area contributed by atoms with Crippen molar-refractivity contribution in [2.45, 2.75) is 322 Å². The molecule has 1 atom stereocenters. The van der Waals surface area contributed by atoms with Crippen molar-refractivity contribution in [2.24, 2.45) is 0 Å². The van der Waals surface area contributed by atoms with E-state index in [4.69, 9.17) is 14.2 Å². The molecule has 0 aliphatic rings. The Labute approximate surface area is 428 Å². The lowest BCUT2D eigenvalue weighted by molar-refractivity contribution is -0.167. The van der Waals surface area contributed by atoms with Crippen molar-refractivity contribution >= 4 is 17.9 Å². The molecule has 0 heterocycles. The van der Waals surface area contributed by atoms with Crippen LogP contribution in [0.15, 0.2) is 48.6 Å². The predicted octanol–water partition coefficient (Wildman–Crippen LogP) is 20.2. The second-order valence-corrected chi connectivity index (χ2v) is 20.2. The number of hydrogen-bond acceptors (Lipinski definition) is 6. The van der Waals surface area contributed by atoms with Gasteiger partial charge in [-0.1, -0.05) is 268 Å². The van der Waals surface area contributed by atoms with Gasteiger partial charge < -0.3 is 14.2 Å².